The van der Waals surface area contributed by atoms with E-state index in [0.717, 1.165) is 6.42 Å². The molecule has 0 aromatic rings. The molecule has 0 unspecified atom stereocenters. The molecule has 1 rings (SSSR count). The van der Waals surface area contributed by atoms with Gasteiger partial charge < -0.3 is 14.3 Å². The minimum Gasteiger partial charge on any atom is -0.444 e. The van der Waals surface area contributed by atoms with Crippen LogP contribution in [0.2, 0.25) is 18.1 Å². The molecule has 6 heteroatoms. The van der Waals surface area contributed by atoms with Crippen molar-refractivity contribution in [3.8, 4) is 0 Å². The third-order valence-corrected chi connectivity index (χ3v) is 9.59. The van der Waals surface area contributed by atoms with E-state index >= 15 is 0 Å². The predicted octanol–water partition coefficient (Wildman–Crippen LogP) is 3.77. The van der Waals surface area contributed by atoms with Gasteiger partial charge in [0.25, 0.3) is 0 Å². The number of rotatable bonds is 3. The van der Waals surface area contributed by atoms with Gasteiger partial charge in [0, 0.05) is 6.54 Å². The zero-order valence-electron chi connectivity index (χ0n) is 16.3. The van der Waals surface area contributed by atoms with E-state index in [0.29, 0.717) is 6.54 Å². The first kappa shape index (κ1) is 20.5. The molecule has 1 N–H and O–H groups in total. The summed E-state index contributed by atoms with van der Waals surface area (Å²) in [5.74, 6) is 0. The van der Waals surface area contributed by atoms with Crippen LogP contribution in [0.3, 0.4) is 0 Å². The van der Waals surface area contributed by atoms with Crippen molar-refractivity contribution >= 4 is 14.4 Å². The van der Waals surface area contributed by atoms with E-state index in [-0.39, 0.29) is 23.8 Å². The zero-order chi connectivity index (χ0) is 18.3. The van der Waals surface area contributed by atoms with Gasteiger partial charge in [0.1, 0.15) is 5.60 Å². The second-order valence-electron chi connectivity index (χ2n) is 9.30. The van der Waals surface area contributed by atoms with Gasteiger partial charge in [0.2, 0.25) is 0 Å². The van der Waals surface area contributed by atoms with Gasteiger partial charge in [-0.05, 0) is 52.2 Å². The summed E-state index contributed by atoms with van der Waals surface area (Å²) in [6.45, 7) is 18.8. The van der Waals surface area contributed by atoms with Crippen molar-refractivity contribution in [3.05, 3.63) is 0 Å². The molecule has 0 radical (unpaired) electrons. The molecular formula is C17H35NO4Si. The minimum atomic E-state index is -1.98. The molecule has 0 saturated carbocycles. The van der Waals surface area contributed by atoms with Crippen LogP contribution in [-0.2, 0) is 9.16 Å². The van der Waals surface area contributed by atoms with E-state index in [9.17, 15) is 9.90 Å². The first-order chi connectivity index (χ1) is 10.1. The summed E-state index contributed by atoms with van der Waals surface area (Å²) in [6.07, 6.45) is 0.180. The number of carbonyl (C=O) groups is 1. The van der Waals surface area contributed by atoms with Crippen LogP contribution in [-0.4, -0.2) is 54.8 Å². The van der Waals surface area contributed by atoms with Crippen LogP contribution in [0.25, 0.3) is 0 Å². The molecule has 5 nitrogen and oxygen atoms in total. The number of hydrogen-bond acceptors (Lipinski definition) is 4. The summed E-state index contributed by atoms with van der Waals surface area (Å²) in [5.41, 5.74) is -1.29. The Bertz CT molecular complexity index is 439. The standard InChI is InChI=1S/C17H35NO4Si/c1-15(2,3)21-14(20)18-11-10-13(17(18,7)12-19)22-23(8,9)16(4,5)6/h13,19H,10-12H2,1-9H3/t13-,17-/m1/s1. The molecule has 0 bridgehead atoms. The van der Waals surface area contributed by atoms with Gasteiger partial charge in [0.05, 0.1) is 18.2 Å². The van der Waals surface area contributed by atoms with Crippen molar-refractivity contribution in [1.29, 1.82) is 0 Å². The molecule has 1 heterocycles. The monoisotopic (exact) mass is 345 g/mol. The molecule has 1 amide bonds. The SMILES string of the molecule is CC(C)(C)OC(=O)N1CC[C@@H](O[Si](C)(C)C(C)(C)C)[C@@]1(C)CO. The Balaban J connectivity index is 2.96. The van der Waals surface area contributed by atoms with Crippen molar-refractivity contribution in [2.75, 3.05) is 13.2 Å². The van der Waals surface area contributed by atoms with Crippen LogP contribution in [0, 0.1) is 0 Å². The number of amides is 1. The fourth-order valence-corrected chi connectivity index (χ4v) is 3.95. The molecule has 1 fully saturated rings. The first-order valence-corrected chi connectivity index (χ1v) is 11.3. The smallest absolute Gasteiger partial charge is 0.410 e. The Labute approximate surface area is 142 Å². The maximum atomic E-state index is 12.5. The van der Waals surface area contributed by atoms with Crippen LogP contribution in [0.1, 0.15) is 54.9 Å². The van der Waals surface area contributed by atoms with Crippen LogP contribution < -0.4 is 0 Å². The van der Waals surface area contributed by atoms with E-state index in [2.05, 4.69) is 33.9 Å². The highest BCUT2D eigenvalue weighted by molar-refractivity contribution is 6.74. The Morgan fingerprint density at radius 2 is 1.78 bits per heavy atom. The largest absolute Gasteiger partial charge is 0.444 e. The average Bonchev–Trinajstić information content (AvgIpc) is 2.63. The quantitative estimate of drug-likeness (QED) is 0.791. The average molecular weight is 346 g/mol. The van der Waals surface area contributed by atoms with Crippen molar-refractivity contribution in [3.63, 3.8) is 0 Å². The number of nitrogens with zero attached hydrogens (tertiary/aromatic N) is 1. The Hall–Kier alpha value is -0.593. The molecule has 0 aliphatic carbocycles. The second-order valence-corrected chi connectivity index (χ2v) is 14.1. The lowest BCUT2D eigenvalue weighted by Gasteiger charge is -2.44. The van der Waals surface area contributed by atoms with Crippen molar-refractivity contribution in [1.82, 2.24) is 4.90 Å². The van der Waals surface area contributed by atoms with E-state index in [4.69, 9.17) is 9.16 Å². The van der Waals surface area contributed by atoms with E-state index in [1.165, 1.54) is 0 Å². The van der Waals surface area contributed by atoms with Gasteiger partial charge in [-0.3, -0.25) is 4.90 Å². The lowest BCUT2D eigenvalue weighted by Crippen LogP contribution is -2.58. The lowest BCUT2D eigenvalue weighted by atomic mass is 9.97. The Kier molecular flexibility index (Phi) is 5.67. The van der Waals surface area contributed by atoms with Gasteiger partial charge in [-0.1, -0.05) is 20.8 Å². The fourth-order valence-electron chi connectivity index (χ4n) is 2.51. The van der Waals surface area contributed by atoms with Gasteiger partial charge >= 0.3 is 6.09 Å². The fraction of sp³-hybridized carbons (Fsp3) is 0.941. The van der Waals surface area contributed by atoms with Crippen LogP contribution in [0.4, 0.5) is 4.79 Å². The number of aliphatic hydroxyl groups excluding tert-OH is 1. The van der Waals surface area contributed by atoms with Gasteiger partial charge in [-0.2, -0.15) is 0 Å². The van der Waals surface area contributed by atoms with Crippen molar-refractivity contribution in [2.45, 2.75) is 90.3 Å². The first-order valence-electron chi connectivity index (χ1n) is 8.43. The van der Waals surface area contributed by atoms with Gasteiger partial charge in [-0.15, -0.1) is 0 Å². The molecule has 2 atom stereocenters. The molecular weight excluding hydrogens is 310 g/mol. The highest BCUT2D eigenvalue weighted by Crippen LogP contribution is 2.42. The predicted molar refractivity (Wildman–Crippen MR) is 95.1 cm³/mol. The van der Waals surface area contributed by atoms with Crippen molar-refractivity contribution in [2.24, 2.45) is 0 Å². The molecule has 136 valence electrons. The number of hydrogen-bond donors (Lipinski definition) is 1. The van der Waals surface area contributed by atoms with Crippen LogP contribution >= 0.6 is 0 Å². The third kappa shape index (κ3) is 4.48. The molecule has 0 spiro atoms. The highest BCUT2D eigenvalue weighted by Gasteiger charge is 2.52. The Morgan fingerprint density at radius 1 is 1.26 bits per heavy atom. The highest BCUT2D eigenvalue weighted by atomic mass is 28.4. The summed E-state index contributed by atoms with van der Waals surface area (Å²) in [5, 5.41) is 10.1. The zero-order valence-corrected chi connectivity index (χ0v) is 17.3. The number of ether oxygens (including phenoxy) is 1. The van der Waals surface area contributed by atoms with Gasteiger partial charge in [-0.25, -0.2) is 4.79 Å². The maximum Gasteiger partial charge on any atom is 0.410 e. The summed E-state index contributed by atoms with van der Waals surface area (Å²) >= 11 is 0. The van der Waals surface area contributed by atoms with E-state index in [1.807, 2.05) is 27.7 Å². The molecule has 1 aliphatic heterocycles. The normalized spacial score (nSPS) is 26.5. The molecule has 0 aromatic carbocycles. The van der Waals surface area contributed by atoms with E-state index in [1.54, 1.807) is 4.90 Å². The second kappa shape index (κ2) is 6.37. The number of likely N-dealkylation sites (tertiary alicyclic amines) is 1. The van der Waals surface area contributed by atoms with Gasteiger partial charge in [0.15, 0.2) is 8.32 Å². The van der Waals surface area contributed by atoms with E-state index < -0.39 is 19.5 Å². The third-order valence-electron chi connectivity index (χ3n) is 5.10. The maximum absolute atomic E-state index is 12.5. The summed E-state index contributed by atoms with van der Waals surface area (Å²) in [4.78, 5) is 14.1. The summed E-state index contributed by atoms with van der Waals surface area (Å²) in [7, 11) is -1.98. The minimum absolute atomic E-state index is 0.0860. The van der Waals surface area contributed by atoms with Crippen LogP contribution in [0.5, 0.6) is 0 Å². The van der Waals surface area contributed by atoms with Crippen molar-refractivity contribution < 1.29 is 19.1 Å². The number of carbonyl (C=O) groups excluding carboxylic acids is 1. The molecule has 1 aliphatic rings. The number of aliphatic hydroxyl groups is 1. The van der Waals surface area contributed by atoms with Crippen LogP contribution in [0.15, 0.2) is 0 Å². The summed E-state index contributed by atoms with van der Waals surface area (Å²) < 4.78 is 12.0. The lowest BCUT2D eigenvalue weighted by molar-refractivity contribution is -0.0243. The molecule has 1 saturated heterocycles. The molecule has 23 heavy (non-hydrogen) atoms. The Morgan fingerprint density at radius 3 is 2.17 bits per heavy atom. The molecule has 0 aromatic heterocycles. The summed E-state index contributed by atoms with van der Waals surface area (Å²) in [6, 6.07) is 0. The topological polar surface area (TPSA) is 59.0 Å².